The standard InChI is InChI=1S/C16H23N3/c1-11-6-7-12(2)14(8-11)9-16(17-4)15-10-18-19(5)13(15)3/h6-8,10,16-17H,9H2,1-5H3. The lowest BCUT2D eigenvalue weighted by molar-refractivity contribution is 0.585. The van der Waals surface area contributed by atoms with Crippen LogP contribution in [0.3, 0.4) is 0 Å². The van der Waals surface area contributed by atoms with Gasteiger partial charge in [-0.05, 0) is 45.4 Å². The van der Waals surface area contributed by atoms with Crippen molar-refractivity contribution in [1.29, 1.82) is 0 Å². The number of hydrogen-bond donors (Lipinski definition) is 1. The zero-order chi connectivity index (χ0) is 14.0. The number of benzene rings is 1. The Balaban J connectivity index is 2.29. The van der Waals surface area contributed by atoms with Crippen molar-refractivity contribution in [2.45, 2.75) is 33.2 Å². The Morgan fingerprint density at radius 2 is 2.00 bits per heavy atom. The van der Waals surface area contributed by atoms with Crippen LogP contribution < -0.4 is 5.32 Å². The molecule has 0 amide bonds. The van der Waals surface area contributed by atoms with Crippen molar-refractivity contribution >= 4 is 0 Å². The van der Waals surface area contributed by atoms with Crippen molar-refractivity contribution in [3.05, 3.63) is 52.3 Å². The van der Waals surface area contributed by atoms with Gasteiger partial charge in [-0.3, -0.25) is 4.68 Å². The summed E-state index contributed by atoms with van der Waals surface area (Å²) in [6, 6.07) is 6.97. The summed E-state index contributed by atoms with van der Waals surface area (Å²) in [5.74, 6) is 0. The van der Waals surface area contributed by atoms with Gasteiger partial charge in [-0.1, -0.05) is 23.8 Å². The van der Waals surface area contributed by atoms with Crippen molar-refractivity contribution in [1.82, 2.24) is 15.1 Å². The van der Waals surface area contributed by atoms with E-state index >= 15 is 0 Å². The minimum absolute atomic E-state index is 0.314. The SMILES string of the molecule is CNC(Cc1cc(C)ccc1C)c1cnn(C)c1C. The number of nitrogens with zero attached hydrogens (tertiary/aromatic N) is 2. The highest BCUT2D eigenvalue weighted by Gasteiger charge is 2.16. The molecule has 2 rings (SSSR count). The van der Waals surface area contributed by atoms with Gasteiger partial charge < -0.3 is 5.32 Å². The van der Waals surface area contributed by atoms with Crippen LogP contribution in [0.15, 0.2) is 24.4 Å². The summed E-state index contributed by atoms with van der Waals surface area (Å²) >= 11 is 0. The molecule has 102 valence electrons. The van der Waals surface area contributed by atoms with Crippen LogP contribution in [0.25, 0.3) is 0 Å². The smallest absolute Gasteiger partial charge is 0.0540 e. The molecule has 1 atom stereocenters. The van der Waals surface area contributed by atoms with Crippen LogP contribution in [-0.4, -0.2) is 16.8 Å². The molecule has 0 aliphatic heterocycles. The Bertz CT molecular complexity index is 569. The summed E-state index contributed by atoms with van der Waals surface area (Å²) in [5, 5.41) is 7.76. The molecule has 2 aromatic rings. The van der Waals surface area contributed by atoms with Crippen molar-refractivity contribution in [3.8, 4) is 0 Å². The molecule has 0 bridgehead atoms. The Morgan fingerprint density at radius 3 is 2.58 bits per heavy atom. The second-order valence-corrected chi connectivity index (χ2v) is 5.28. The van der Waals surface area contributed by atoms with Gasteiger partial charge in [0, 0.05) is 24.3 Å². The molecular weight excluding hydrogens is 234 g/mol. The van der Waals surface area contributed by atoms with Gasteiger partial charge in [0.05, 0.1) is 6.20 Å². The van der Waals surface area contributed by atoms with Gasteiger partial charge in [-0.25, -0.2) is 0 Å². The molecule has 0 aliphatic carbocycles. The first-order valence-corrected chi connectivity index (χ1v) is 6.74. The zero-order valence-corrected chi connectivity index (χ0v) is 12.5. The largest absolute Gasteiger partial charge is 0.313 e. The highest BCUT2D eigenvalue weighted by molar-refractivity contribution is 5.33. The van der Waals surface area contributed by atoms with E-state index in [1.807, 2.05) is 25.0 Å². The first kappa shape index (κ1) is 13.8. The van der Waals surface area contributed by atoms with E-state index in [1.165, 1.54) is 27.9 Å². The van der Waals surface area contributed by atoms with Gasteiger partial charge in [-0.15, -0.1) is 0 Å². The predicted octanol–water partition coefficient (Wildman–Crippen LogP) is 2.85. The van der Waals surface area contributed by atoms with Gasteiger partial charge in [0.2, 0.25) is 0 Å². The molecule has 1 heterocycles. The van der Waals surface area contributed by atoms with Crippen LogP contribution in [0.5, 0.6) is 0 Å². The van der Waals surface area contributed by atoms with E-state index in [0.717, 1.165) is 6.42 Å². The Morgan fingerprint density at radius 1 is 1.26 bits per heavy atom. The molecule has 0 spiro atoms. The fraction of sp³-hybridized carbons (Fsp3) is 0.438. The lowest BCUT2D eigenvalue weighted by atomic mass is 9.95. The molecule has 0 aliphatic rings. The van der Waals surface area contributed by atoms with E-state index in [2.05, 4.69) is 49.4 Å². The molecule has 0 radical (unpaired) electrons. The molecule has 1 aromatic heterocycles. The van der Waals surface area contributed by atoms with Gasteiger partial charge in [-0.2, -0.15) is 5.10 Å². The maximum Gasteiger partial charge on any atom is 0.0540 e. The third kappa shape index (κ3) is 2.87. The Labute approximate surface area is 115 Å². The Kier molecular flexibility index (Phi) is 4.05. The van der Waals surface area contributed by atoms with Crippen molar-refractivity contribution in [2.24, 2.45) is 7.05 Å². The molecule has 0 saturated heterocycles. The first-order chi connectivity index (χ1) is 9.02. The van der Waals surface area contributed by atoms with Crippen LogP contribution in [-0.2, 0) is 13.5 Å². The number of rotatable bonds is 4. The van der Waals surface area contributed by atoms with Gasteiger partial charge >= 0.3 is 0 Å². The van der Waals surface area contributed by atoms with Gasteiger partial charge in [0.25, 0.3) is 0 Å². The third-order valence-electron chi connectivity index (χ3n) is 3.93. The monoisotopic (exact) mass is 257 g/mol. The first-order valence-electron chi connectivity index (χ1n) is 6.74. The fourth-order valence-electron chi connectivity index (χ4n) is 2.47. The molecule has 3 nitrogen and oxygen atoms in total. The van der Waals surface area contributed by atoms with Crippen LogP contribution in [0.1, 0.15) is 34.0 Å². The van der Waals surface area contributed by atoms with Crippen LogP contribution in [0.2, 0.25) is 0 Å². The van der Waals surface area contributed by atoms with Crippen molar-refractivity contribution in [3.63, 3.8) is 0 Å². The highest BCUT2D eigenvalue weighted by Crippen LogP contribution is 2.23. The van der Waals surface area contributed by atoms with Crippen LogP contribution >= 0.6 is 0 Å². The molecule has 1 unspecified atom stereocenters. The summed E-state index contributed by atoms with van der Waals surface area (Å²) in [6.07, 6.45) is 2.97. The number of aryl methyl sites for hydroxylation is 3. The Hall–Kier alpha value is -1.61. The predicted molar refractivity (Wildman–Crippen MR) is 79.4 cm³/mol. The molecule has 0 fully saturated rings. The van der Waals surface area contributed by atoms with E-state index in [4.69, 9.17) is 0 Å². The van der Waals surface area contributed by atoms with Crippen molar-refractivity contribution < 1.29 is 0 Å². The lowest BCUT2D eigenvalue weighted by Crippen LogP contribution is -2.20. The summed E-state index contributed by atoms with van der Waals surface area (Å²) in [4.78, 5) is 0. The summed E-state index contributed by atoms with van der Waals surface area (Å²) in [5.41, 5.74) is 6.59. The number of hydrogen-bond acceptors (Lipinski definition) is 2. The van der Waals surface area contributed by atoms with E-state index in [9.17, 15) is 0 Å². The maximum atomic E-state index is 4.34. The molecular formula is C16H23N3. The molecule has 1 aromatic carbocycles. The second-order valence-electron chi connectivity index (χ2n) is 5.28. The third-order valence-corrected chi connectivity index (χ3v) is 3.93. The van der Waals surface area contributed by atoms with Crippen LogP contribution in [0.4, 0.5) is 0 Å². The topological polar surface area (TPSA) is 29.9 Å². The number of aromatic nitrogens is 2. The van der Waals surface area contributed by atoms with Gasteiger partial charge in [0.1, 0.15) is 0 Å². The van der Waals surface area contributed by atoms with E-state index in [-0.39, 0.29) is 0 Å². The minimum atomic E-state index is 0.314. The van der Waals surface area contributed by atoms with Crippen molar-refractivity contribution in [2.75, 3.05) is 7.05 Å². The number of likely N-dealkylation sites (N-methyl/N-ethyl adjacent to an activating group) is 1. The average molecular weight is 257 g/mol. The fourth-order valence-corrected chi connectivity index (χ4v) is 2.47. The average Bonchev–Trinajstić information content (AvgIpc) is 2.71. The maximum absolute atomic E-state index is 4.34. The zero-order valence-electron chi connectivity index (χ0n) is 12.5. The normalized spacial score (nSPS) is 12.7. The lowest BCUT2D eigenvalue weighted by Gasteiger charge is -2.18. The minimum Gasteiger partial charge on any atom is -0.313 e. The van der Waals surface area contributed by atoms with Gasteiger partial charge in [0.15, 0.2) is 0 Å². The summed E-state index contributed by atoms with van der Waals surface area (Å²) in [6.45, 7) is 6.44. The molecule has 1 N–H and O–H groups in total. The second kappa shape index (κ2) is 5.57. The van der Waals surface area contributed by atoms with E-state index in [1.54, 1.807) is 0 Å². The summed E-state index contributed by atoms with van der Waals surface area (Å²) in [7, 11) is 4.01. The van der Waals surface area contributed by atoms with Crippen LogP contribution in [0, 0.1) is 20.8 Å². The highest BCUT2D eigenvalue weighted by atomic mass is 15.3. The number of nitrogens with one attached hydrogen (secondary N) is 1. The van der Waals surface area contributed by atoms with E-state index < -0.39 is 0 Å². The molecule has 19 heavy (non-hydrogen) atoms. The van der Waals surface area contributed by atoms with E-state index in [0.29, 0.717) is 6.04 Å². The molecule has 3 heteroatoms. The quantitative estimate of drug-likeness (QED) is 0.912. The summed E-state index contributed by atoms with van der Waals surface area (Å²) < 4.78 is 1.93. The molecule has 0 saturated carbocycles.